The molecule has 0 aliphatic carbocycles. The number of carbonyl (C=O) groups excluding carboxylic acids is 2. The number of rotatable bonds is 5. The van der Waals surface area contributed by atoms with Gasteiger partial charge in [-0.05, 0) is 12.0 Å². The maximum Gasteiger partial charge on any atom is 0.355 e. The molecular weight excluding hydrogens is 312 g/mol. The molecule has 0 atom stereocenters. The predicted molar refractivity (Wildman–Crippen MR) is 83.7 cm³/mol. The van der Waals surface area contributed by atoms with Crippen molar-refractivity contribution in [3.05, 3.63) is 35.7 Å². The molecule has 0 bridgehead atoms. The minimum atomic E-state index is -0.609. The van der Waals surface area contributed by atoms with E-state index in [-0.39, 0.29) is 37.0 Å². The summed E-state index contributed by atoms with van der Waals surface area (Å²) in [6.45, 7) is 1.93. The SMILES string of the molecule is CCc1ccc(-c2noc(COC(=O)C3=NNC(=O)CC3)n2)cc1. The van der Waals surface area contributed by atoms with Gasteiger partial charge >= 0.3 is 5.97 Å². The average Bonchev–Trinajstić information content (AvgIpc) is 3.09. The number of benzene rings is 1. The van der Waals surface area contributed by atoms with E-state index in [0.717, 1.165) is 12.0 Å². The predicted octanol–water partition coefficient (Wildman–Crippen LogP) is 1.61. The van der Waals surface area contributed by atoms with E-state index in [9.17, 15) is 9.59 Å². The van der Waals surface area contributed by atoms with Gasteiger partial charge in [0.1, 0.15) is 5.71 Å². The molecule has 1 aliphatic rings. The summed E-state index contributed by atoms with van der Waals surface area (Å²) in [5, 5.41) is 7.55. The zero-order valence-corrected chi connectivity index (χ0v) is 13.1. The molecule has 1 amide bonds. The Bertz CT molecular complexity index is 780. The molecule has 2 aromatic rings. The minimum absolute atomic E-state index is 0.147. The van der Waals surface area contributed by atoms with Crippen LogP contribution in [0.15, 0.2) is 33.9 Å². The van der Waals surface area contributed by atoms with Crippen molar-refractivity contribution in [2.24, 2.45) is 5.10 Å². The van der Waals surface area contributed by atoms with Crippen molar-refractivity contribution in [1.29, 1.82) is 0 Å². The number of nitrogens with one attached hydrogen (secondary N) is 1. The fourth-order valence-corrected chi connectivity index (χ4v) is 2.15. The number of hydrogen-bond donors (Lipinski definition) is 1. The Morgan fingerprint density at radius 1 is 1.29 bits per heavy atom. The van der Waals surface area contributed by atoms with Gasteiger partial charge in [-0.15, -0.1) is 0 Å². The van der Waals surface area contributed by atoms with Crippen LogP contribution in [0.25, 0.3) is 11.4 Å². The summed E-state index contributed by atoms with van der Waals surface area (Å²) in [5.41, 5.74) is 4.46. The number of aryl methyl sites for hydroxylation is 1. The molecule has 8 nitrogen and oxygen atoms in total. The number of aromatic nitrogens is 2. The molecule has 2 heterocycles. The molecule has 1 aliphatic heterocycles. The lowest BCUT2D eigenvalue weighted by molar-refractivity contribution is -0.137. The van der Waals surface area contributed by atoms with Crippen molar-refractivity contribution in [2.45, 2.75) is 32.8 Å². The third kappa shape index (κ3) is 3.65. The van der Waals surface area contributed by atoms with Crippen LogP contribution < -0.4 is 5.43 Å². The topological polar surface area (TPSA) is 107 Å². The van der Waals surface area contributed by atoms with E-state index in [1.54, 1.807) is 0 Å². The van der Waals surface area contributed by atoms with Crippen molar-refractivity contribution in [3.63, 3.8) is 0 Å². The summed E-state index contributed by atoms with van der Waals surface area (Å²) in [7, 11) is 0. The summed E-state index contributed by atoms with van der Waals surface area (Å²) in [6.07, 6.45) is 1.42. The molecular formula is C16H16N4O4. The zero-order chi connectivity index (χ0) is 16.9. The standard InChI is InChI=1S/C16H16N4O4/c1-2-10-3-5-11(6-4-10)15-17-14(24-20-15)9-23-16(22)12-7-8-13(21)19-18-12/h3-6H,2,7-9H2,1H3,(H,19,21). The molecule has 3 rings (SSSR count). The first-order chi connectivity index (χ1) is 11.7. The van der Waals surface area contributed by atoms with Gasteiger partial charge < -0.3 is 9.26 Å². The van der Waals surface area contributed by atoms with E-state index < -0.39 is 5.97 Å². The molecule has 0 saturated carbocycles. The molecule has 0 unspecified atom stereocenters. The minimum Gasteiger partial charge on any atom is -0.451 e. The fraction of sp³-hybridized carbons (Fsp3) is 0.312. The molecule has 124 valence electrons. The van der Waals surface area contributed by atoms with Crippen molar-refractivity contribution >= 4 is 17.6 Å². The largest absolute Gasteiger partial charge is 0.451 e. The lowest BCUT2D eigenvalue weighted by atomic mass is 10.1. The van der Waals surface area contributed by atoms with Gasteiger partial charge in [0.15, 0.2) is 6.61 Å². The van der Waals surface area contributed by atoms with E-state index in [0.29, 0.717) is 5.82 Å². The van der Waals surface area contributed by atoms with Gasteiger partial charge in [-0.1, -0.05) is 36.3 Å². The molecule has 0 spiro atoms. The van der Waals surface area contributed by atoms with Crippen LogP contribution in [0.1, 0.15) is 31.2 Å². The summed E-state index contributed by atoms with van der Waals surface area (Å²) >= 11 is 0. The number of carbonyl (C=O) groups is 2. The van der Waals surface area contributed by atoms with Gasteiger partial charge in [-0.2, -0.15) is 10.1 Å². The Morgan fingerprint density at radius 2 is 2.08 bits per heavy atom. The highest BCUT2D eigenvalue weighted by molar-refractivity contribution is 6.37. The Labute approximate surface area is 137 Å². The monoisotopic (exact) mass is 328 g/mol. The second-order valence-electron chi connectivity index (χ2n) is 5.23. The molecule has 0 radical (unpaired) electrons. The zero-order valence-electron chi connectivity index (χ0n) is 13.1. The molecule has 1 N–H and O–H groups in total. The highest BCUT2D eigenvalue weighted by Crippen LogP contribution is 2.17. The van der Waals surface area contributed by atoms with E-state index in [2.05, 4.69) is 27.6 Å². The van der Waals surface area contributed by atoms with Crippen molar-refractivity contribution in [3.8, 4) is 11.4 Å². The Morgan fingerprint density at radius 3 is 2.75 bits per heavy atom. The maximum atomic E-state index is 11.8. The number of esters is 1. The van der Waals surface area contributed by atoms with Crippen molar-refractivity contribution in [2.75, 3.05) is 0 Å². The fourth-order valence-electron chi connectivity index (χ4n) is 2.15. The molecule has 8 heteroatoms. The number of hydrazone groups is 1. The van der Waals surface area contributed by atoms with Crippen molar-refractivity contribution < 1.29 is 18.8 Å². The second kappa shape index (κ2) is 7.03. The van der Waals surface area contributed by atoms with E-state index in [1.165, 1.54) is 5.56 Å². The summed E-state index contributed by atoms with van der Waals surface area (Å²) in [4.78, 5) is 27.0. The van der Waals surface area contributed by atoms with E-state index >= 15 is 0 Å². The Balaban J connectivity index is 1.59. The van der Waals surface area contributed by atoms with Crippen LogP contribution in [0, 0.1) is 0 Å². The van der Waals surface area contributed by atoms with Gasteiger partial charge in [-0.3, -0.25) is 4.79 Å². The number of hydrogen-bond acceptors (Lipinski definition) is 7. The number of nitrogens with zero attached hydrogens (tertiary/aromatic N) is 3. The lowest BCUT2D eigenvalue weighted by Crippen LogP contribution is -2.30. The average molecular weight is 328 g/mol. The second-order valence-corrected chi connectivity index (χ2v) is 5.23. The van der Waals surface area contributed by atoms with Gasteiger partial charge in [-0.25, -0.2) is 10.2 Å². The third-order valence-corrected chi connectivity index (χ3v) is 3.56. The maximum absolute atomic E-state index is 11.8. The van der Waals surface area contributed by atoms with Crippen molar-refractivity contribution in [1.82, 2.24) is 15.6 Å². The first-order valence-corrected chi connectivity index (χ1v) is 7.60. The van der Waals surface area contributed by atoms with Crippen LogP contribution in [0.3, 0.4) is 0 Å². The van der Waals surface area contributed by atoms with Gasteiger partial charge in [0.25, 0.3) is 5.89 Å². The Kier molecular flexibility index (Phi) is 4.64. The third-order valence-electron chi connectivity index (χ3n) is 3.56. The Hall–Kier alpha value is -3.03. The van der Waals surface area contributed by atoms with Crippen LogP contribution in [-0.2, 0) is 27.4 Å². The van der Waals surface area contributed by atoms with Gasteiger partial charge in [0.2, 0.25) is 11.7 Å². The van der Waals surface area contributed by atoms with E-state index in [4.69, 9.17) is 9.26 Å². The summed E-state index contributed by atoms with van der Waals surface area (Å²) in [6, 6.07) is 7.83. The van der Waals surface area contributed by atoms with Crippen LogP contribution in [0.5, 0.6) is 0 Å². The number of ether oxygens (including phenoxy) is 1. The first-order valence-electron chi connectivity index (χ1n) is 7.60. The first kappa shape index (κ1) is 15.9. The van der Waals surface area contributed by atoms with Crippen LogP contribution in [0.2, 0.25) is 0 Å². The van der Waals surface area contributed by atoms with Gasteiger partial charge in [0.05, 0.1) is 0 Å². The normalized spacial score (nSPS) is 14.0. The van der Waals surface area contributed by atoms with Crippen LogP contribution >= 0.6 is 0 Å². The highest BCUT2D eigenvalue weighted by Gasteiger charge is 2.20. The van der Waals surface area contributed by atoms with Crippen LogP contribution in [-0.4, -0.2) is 27.7 Å². The number of amides is 1. The molecule has 1 aromatic carbocycles. The molecule has 24 heavy (non-hydrogen) atoms. The quantitative estimate of drug-likeness (QED) is 0.836. The summed E-state index contributed by atoms with van der Waals surface area (Å²) < 4.78 is 10.2. The van der Waals surface area contributed by atoms with Gasteiger partial charge in [0, 0.05) is 18.4 Å². The molecule has 0 saturated heterocycles. The smallest absolute Gasteiger partial charge is 0.355 e. The lowest BCUT2D eigenvalue weighted by Gasteiger charge is -2.10. The van der Waals surface area contributed by atoms with E-state index in [1.807, 2.05) is 24.3 Å². The molecule has 0 fully saturated rings. The van der Waals surface area contributed by atoms with Crippen LogP contribution in [0.4, 0.5) is 0 Å². The summed E-state index contributed by atoms with van der Waals surface area (Å²) in [5.74, 6) is -0.200. The molecule has 1 aromatic heterocycles. The highest BCUT2D eigenvalue weighted by atomic mass is 16.6.